The number of aromatic nitrogens is 1. The molecule has 4 aromatic rings. The molecule has 186 valence electrons. The predicted molar refractivity (Wildman–Crippen MR) is 149 cm³/mol. The smallest absolute Gasteiger partial charge is 0.331 e. The van der Waals surface area contributed by atoms with Crippen molar-refractivity contribution in [3.8, 4) is 0 Å². The molecule has 3 aromatic carbocycles. The number of carboxylic acids is 1. The lowest BCUT2D eigenvalue weighted by atomic mass is 9.64. The maximum absolute atomic E-state index is 13.7. The first-order chi connectivity index (χ1) is 17.9. The number of rotatable bonds is 5. The molecular formula is C30H23Cl2NO3S. The van der Waals surface area contributed by atoms with Crippen molar-refractivity contribution in [2.75, 3.05) is 0 Å². The topological polar surface area (TPSA) is 59.3 Å². The molecule has 2 saturated carbocycles. The summed E-state index contributed by atoms with van der Waals surface area (Å²) in [4.78, 5) is 26.5. The zero-order valence-electron chi connectivity index (χ0n) is 19.8. The standard InChI is InChI=1S/C30H23Cl2NO3S/c31-21-11-19(12-22(32)14-21)24-15-30(29(35)36)27(24)37-28-26(17-8-9-17)20(13-25(34)33(28)30)10-18-6-3-5-16-4-1-2-7-23(16)18/h1-7,11-14,17,24,27H,8-10,15H2,(H,35,36)/t24-,27?,30?/m1/s1. The van der Waals surface area contributed by atoms with E-state index in [4.69, 9.17) is 23.2 Å². The first kappa shape index (κ1) is 23.4. The summed E-state index contributed by atoms with van der Waals surface area (Å²) in [6, 6.07) is 21.7. The second-order valence-electron chi connectivity index (χ2n) is 10.4. The first-order valence-electron chi connectivity index (χ1n) is 12.5. The van der Waals surface area contributed by atoms with E-state index < -0.39 is 11.5 Å². The van der Waals surface area contributed by atoms with Gasteiger partial charge in [-0.25, -0.2) is 4.79 Å². The van der Waals surface area contributed by atoms with Crippen LogP contribution in [0.3, 0.4) is 0 Å². The lowest BCUT2D eigenvalue weighted by Crippen LogP contribution is -2.61. The lowest BCUT2D eigenvalue weighted by Gasteiger charge is -2.48. The summed E-state index contributed by atoms with van der Waals surface area (Å²) >= 11 is 14.1. The minimum atomic E-state index is -1.25. The number of thioether (sulfide) groups is 1. The quantitative estimate of drug-likeness (QED) is 0.286. The monoisotopic (exact) mass is 547 g/mol. The highest BCUT2D eigenvalue weighted by atomic mass is 35.5. The minimum absolute atomic E-state index is 0.0508. The van der Waals surface area contributed by atoms with Crippen LogP contribution in [0.4, 0.5) is 0 Å². The summed E-state index contributed by atoms with van der Waals surface area (Å²) in [5.74, 6) is -0.634. The minimum Gasteiger partial charge on any atom is -0.479 e. The molecule has 0 saturated heterocycles. The number of pyridine rings is 1. The van der Waals surface area contributed by atoms with E-state index in [9.17, 15) is 14.7 Å². The Kier molecular flexibility index (Phi) is 5.30. The Morgan fingerprint density at radius 3 is 2.46 bits per heavy atom. The van der Waals surface area contributed by atoms with Gasteiger partial charge < -0.3 is 5.11 Å². The third kappa shape index (κ3) is 3.51. The van der Waals surface area contributed by atoms with Crippen LogP contribution < -0.4 is 5.56 Å². The van der Waals surface area contributed by atoms with Gasteiger partial charge in [0.15, 0.2) is 5.54 Å². The Hall–Kier alpha value is -2.73. The molecule has 1 aromatic heterocycles. The molecule has 3 atom stereocenters. The third-order valence-corrected chi connectivity index (χ3v) is 10.3. The van der Waals surface area contributed by atoms with Gasteiger partial charge in [0.25, 0.3) is 5.56 Å². The largest absolute Gasteiger partial charge is 0.479 e. The van der Waals surface area contributed by atoms with Gasteiger partial charge in [0, 0.05) is 22.0 Å². The Morgan fingerprint density at radius 1 is 1.00 bits per heavy atom. The Balaban J connectivity index is 1.36. The van der Waals surface area contributed by atoms with Crippen molar-refractivity contribution in [2.24, 2.45) is 0 Å². The highest BCUT2D eigenvalue weighted by Crippen LogP contribution is 2.64. The van der Waals surface area contributed by atoms with E-state index in [1.54, 1.807) is 28.5 Å². The summed E-state index contributed by atoms with van der Waals surface area (Å²) in [5, 5.41) is 14.4. The van der Waals surface area contributed by atoms with Crippen molar-refractivity contribution >= 4 is 51.7 Å². The molecule has 1 aliphatic heterocycles. The molecule has 3 aliphatic rings. The molecule has 37 heavy (non-hydrogen) atoms. The molecule has 2 unspecified atom stereocenters. The van der Waals surface area contributed by atoms with Gasteiger partial charge in [0.1, 0.15) is 0 Å². The SMILES string of the molecule is O=C(O)C12C[C@H](c3cc(Cl)cc(Cl)c3)C1Sc1c(C3CC3)c(Cc3cccc4ccccc34)cc(=O)n12. The third-order valence-electron chi connectivity index (χ3n) is 8.23. The Morgan fingerprint density at radius 2 is 1.73 bits per heavy atom. The fourth-order valence-electron chi connectivity index (χ4n) is 6.39. The van der Waals surface area contributed by atoms with Gasteiger partial charge in [-0.2, -0.15) is 0 Å². The van der Waals surface area contributed by atoms with Crippen LogP contribution in [0.15, 0.2) is 76.6 Å². The second-order valence-corrected chi connectivity index (χ2v) is 12.4. The van der Waals surface area contributed by atoms with Crippen LogP contribution in [0.25, 0.3) is 10.8 Å². The van der Waals surface area contributed by atoms with Gasteiger partial charge in [-0.3, -0.25) is 9.36 Å². The molecule has 2 aliphatic carbocycles. The molecule has 7 heteroatoms. The van der Waals surface area contributed by atoms with Crippen molar-refractivity contribution in [3.63, 3.8) is 0 Å². The fourth-order valence-corrected chi connectivity index (χ4v) is 8.87. The number of hydrogen-bond donors (Lipinski definition) is 1. The van der Waals surface area contributed by atoms with Crippen LogP contribution in [-0.4, -0.2) is 20.9 Å². The number of halogens is 2. The molecule has 4 nitrogen and oxygen atoms in total. The highest BCUT2D eigenvalue weighted by molar-refractivity contribution is 8.00. The molecular weight excluding hydrogens is 525 g/mol. The van der Waals surface area contributed by atoms with Crippen molar-refractivity contribution in [1.82, 2.24) is 4.57 Å². The Labute approximate surface area is 228 Å². The summed E-state index contributed by atoms with van der Waals surface area (Å²) in [6.45, 7) is 0. The normalized spacial score (nSPS) is 23.9. The number of benzene rings is 3. The van der Waals surface area contributed by atoms with Gasteiger partial charge in [-0.15, -0.1) is 11.8 Å². The van der Waals surface area contributed by atoms with E-state index in [0.29, 0.717) is 28.8 Å². The predicted octanol–water partition coefficient (Wildman–Crippen LogP) is 7.22. The van der Waals surface area contributed by atoms with Crippen LogP contribution >= 0.6 is 35.0 Å². The number of carboxylic acid groups (broad SMARTS) is 1. The summed E-state index contributed by atoms with van der Waals surface area (Å²) < 4.78 is 1.60. The van der Waals surface area contributed by atoms with Gasteiger partial charge in [0.2, 0.25) is 0 Å². The number of carbonyl (C=O) groups is 1. The average Bonchev–Trinajstić information content (AvgIpc) is 3.64. The molecule has 2 fully saturated rings. The van der Waals surface area contributed by atoms with Crippen molar-refractivity contribution in [1.29, 1.82) is 0 Å². The van der Waals surface area contributed by atoms with Gasteiger partial charge >= 0.3 is 5.97 Å². The van der Waals surface area contributed by atoms with E-state index in [1.807, 2.05) is 24.3 Å². The molecule has 7 rings (SSSR count). The number of hydrogen-bond acceptors (Lipinski definition) is 3. The lowest BCUT2D eigenvalue weighted by molar-refractivity contribution is -0.153. The number of aliphatic carboxylic acids is 1. The maximum atomic E-state index is 13.7. The van der Waals surface area contributed by atoms with Crippen molar-refractivity contribution in [2.45, 2.75) is 53.3 Å². The molecule has 2 heterocycles. The zero-order valence-corrected chi connectivity index (χ0v) is 22.1. The first-order valence-corrected chi connectivity index (χ1v) is 14.1. The maximum Gasteiger partial charge on any atom is 0.331 e. The van der Waals surface area contributed by atoms with Gasteiger partial charge in [-0.05, 0) is 82.8 Å². The van der Waals surface area contributed by atoms with Crippen molar-refractivity contribution < 1.29 is 9.90 Å². The number of fused-ring (bicyclic) bond motifs is 4. The van der Waals surface area contributed by atoms with E-state index in [0.717, 1.165) is 34.6 Å². The van der Waals surface area contributed by atoms with Crippen molar-refractivity contribution in [3.05, 3.63) is 109 Å². The summed E-state index contributed by atoms with van der Waals surface area (Å²) in [5.41, 5.74) is 2.81. The Bertz CT molecular complexity index is 1650. The van der Waals surface area contributed by atoms with Crippen LogP contribution in [0.1, 0.15) is 53.4 Å². The highest BCUT2D eigenvalue weighted by Gasteiger charge is 2.66. The van der Waals surface area contributed by atoms with E-state index in [-0.39, 0.29) is 16.7 Å². The molecule has 1 N–H and O–H groups in total. The average molecular weight is 548 g/mol. The van der Waals surface area contributed by atoms with Crippen LogP contribution in [0.2, 0.25) is 10.0 Å². The molecule has 0 spiro atoms. The van der Waals surface area contributed by atoms with E-state index >= 15 is 0 Å². The van der Waals surface area contributed by atoms with Crippen LogP contribution in [0, 0.1) is 0 Å². The van der Waals surface area contributed by atoms with Gasteiger partial charge in [0.05, 0.1) is 10.3 Å². The van der Waals surface area contributed by atoms with E-state index in [2.05, 4.69) is 30.3 Å². The zero-order chi connectivity index (χ0) is 25.5. The molecule has 0 amide bonds. The molecule has 0 bridgehead atoms. The molecule has 0 radical (unpaired) electrons. The van der Waals surface area contributed by atoms with Gasteiger partial charge in [-0.1, -0.05) is 65.7 Å². The summed E-state index contributed by atoms with van der Waals surface area (Å²) in [6.07, 6.45) is 3.12. The van der Waals surface area contributed by atoms with E-state index in [1.165, 1.54) is 16.3 Å². The van der Waals surface area contributed by atoms with Crippen LogP contribution in [0.5, 0.6) is 0 Å². The number of nitrogens with zero attached hydrogens (tertiary/aromatic N) is 1. The van der Waals surface area contributed by atoms with Crippen LogP contribution in [-0.2, 0) is 16.8 Å². The summed E-state index contributed by atoms with van der Waals surface area (Å²) in [7, 11) is 0. The second kappa shape index (κ2) is 8.39. The fraction of sp³-hybridized carbons (Fsp3) is 0.267.